The van der Waals surface area contributed by atoms with Crippen LogP contribution in [0.15, 0.2) is 0 Å². The first-order valence-corrected chi connectivity index (χ1v) is 10.3. The van der Waals surface area contributed by atoms with Crippen LogP contribution in [-0.4, -0.2) is 63.9 Å². The minimum absolute atomic E-state index is 0.266. The Hall–Kier alpha value is -1.63. The summed E-state index contributed by atoms with van der Waals surface area (Å²) in [7, 11) is 0. The van der Waals surface area contributed by atoms with Crippen molar-refractivity contribution in [2.24, 2.45) is 0 Å². The second kappa shape index (κ2) is 15.4. The molecule has 0 saturated carbocycles. The first-order chi connectivity index (χ1) is 12.8. The highest BCUT2D eigenvalue weighted by atomic mass is 16.4. The van der Waals surface area contributed by atoms with Crippen LogP contribution in [0.1, 0.15) is 84.0 Å². The molecular weight excluding hydrogens is 350 g/mol. The lowest BCUT2D eigenvalue weighted by molar-refractivity contribution is -0.907. The second-order valence-corrected chi connectivity index (χ2v) is 7.61. The molecule has 0 aliphatic carbocycles. The number of hydrogen-bond acceptors (Lipinski definition) is 3. The second-order valence-electron chi connectivity index (χ2n) is 7.61. The summed E-state index contributed by atoms with van der Waals surface area (Å²) in [4.78, 5) is 33.3. The van der Waals surface area contributed by atoms with Crippen LogP contribution in [0.3, 0.4) is 0 Å². The summed E-state index contributed by atoms with van der Waals surface area (Å²) in [5.41, 5.74) is 0. The standard InChI is InChI=1S/C20H37NO6/c1-2-3-4-5-6-7-8-9-10-11-12-13-14-21(15-18(22)23,16-19(24)25)17-20(26)27/h2-17H2,1H3,(H2-,22,23,24,25,26,27)/p+1. The maximum Gasteiger partial charge on any atom is 0.359 e. The summed E-state index contributed by atoms with van der Waals surface area (Å²) >= 11 is 0. The summed E-state index contributed by atoms with van der Waals surface area (Å²) in [6.07, 6.45) is 13.9. The molecule has 27 heavy (non-hydrogen) atoms. The van der Waals surface area contributed by atoms with Crippen molar-refractivity contribution in [3.05, 3.63) is 0 Å². The van der Waals surface area contributed by atoms with E-state index >= 15 is 0 Å². The van der Waals surface area contributed by atoms with Gasteiger partial charge < -0.3 is 15.3 Å². The molecule has 0 aliphatic heterocycles. The molecule has 7 nitrogen and oxygen atoms in total. The lowest BCUT2D eigenvalue weighted by atomic mass is 10.0. The third kappa shape index (κ3) is 15.2. The smallest absolute Gasteiger partial charge is 0.359 e. The Morgan fingerprint density at radius 1 is 0.556 bits per heavy atom. The molecule has 0 atom stereocenters. The average Bonchev–Trinajstić information content (AvgIpc) is 2.53. The highest BCUT2D eigenvalue weighted by molar-refractivity contribution is 5.73. The normalized spacial score (nSPS) is 11.4. The maximum absolute atomic E-state index is 11.1. The summed E-state index contributed by atoms with van der Waals surface area (Å²) in [6, 6.07) is 0. The molecule has 0 spiro atoms. The molecule has 0 unspecified atom stereocenters. The molecule has 158 valence electrons. The van der Waals surface area contributed by atoms with E-state index in [0.717, 1.165) is 19.3 Å². The third-order valence-electron chi connectivity index (χ3n) is 4.90. The number of rotatable bonds is 19. The van der Waals surface area contributed by atoms with E-state index in [0.29, 0.717) is 6.42 Å². The van der Waals surface area contributed by atoms with Crippen LogP contribution in [0.5, 0.6) is 0 Å². The van der Waals surface area contributed by atoms with Crippen molar-refractivity contribution in [3.63, 3.8) is 0 Å². The van der Waals surface area contributed by atoms with Crippen LogP contribution >= 0.6 is 0 Å². The Balaban J connectivity index is 4.06. The molecule has 0 aliphatic rings. The van der Waals surface area contributed by atoms with Gasteiger partial charge in [-0.25, -0.2) is 14.4 Å². The van der Waals surface area contributed by atoms with Crippen molar-refractivity contribution < 1.29 is 34.2 Å². The van der Waals surface area contributed by atoms with Gasteiger partial charge in [0.25, 0.3) is 0 Å². The average molecular weight is 389 g/mol. The van der Waals surface area contributed by atoms with E-state index in [4.69, 9.17) is 15.3 Å². The summed E-state index contributed by atoms with van der Waals surface area (Å²) in [6.45, 7) is 1.06. The quantitative estimate of drug-likeness (QED) is 0.229. The minimum atomic E-state index is -1.17. The monoisotopic (exact) mass is 388 g/mol. The van der Waals surface area contributed by atoms with Crippen LogP contribution in [0, 0.1) is 0 Å². The minimum Gasteiger partial charge on any atom is -0.477 e. The molecule has 7 heteroatoms. The number of aliphatic carboxylic acids is 3. The first kappa shape index (κ1) is 25.4. The van der Waals surface area contributed by atoms with Crippen molar-refractivity contribution in [1.82, 2.24) is 0 Å². The maximum atomic E-state index is 11.1. The zero-order valence-electron chi connectivity index (χ0n) is 16.8. The fourth-order valence-corrected chi connectivity index (χ4v) is 3.55. The molecule has 0 radical (unpaired) electrons. The van der Waals surface area contributed by atoms with E-state index in [-0.39, 0.29) is 6.54 Å². The van der Waals surface area contributed by atoms with Gasteiger partial charge in [-0.1, -0.05) is 71.1 Å². The number of nitrogens with zero attached hydrogens (tertiary/aromatic N) is 1. The van der Waals surface area contributed by atoms with Crippen LogP contribution in [0.4, 0.5) is 0 Å². The van der Waals surface area contributed by atoms with Crippen molar-refractivity contribution in [1.29, 1.82) is 0 Å². The number of carbonyl (C=O) groups is 3. The van der Waals surface area contributed by atoms with Gasteiger partial charge in [0.1, 0.15) is 0 Å². The van der Waals surface area contributed by atoms with Gasteiger partial charge >= 0.3 is 17.9 Å². The zero-order chi connectivity index (χ0) is 20.5. The lowest BCUT2D eigenvalue weighted by Crippen LogP contribution is -2.57. The van der Waals surface area contributed by atoms with Gasteiger partial charge in [-0.2, -0.15) is 0 Å². The Kier molecular flexibility index (Phi) is 14.5. The Bertz CT molecular complexity index is 397. The van der Waals surface area contributed by atoms with Crippen LogP contribution in [-0.2, 0) is 14.4 Å². The molecule has 0 aromatic heterocycles. The number of carboxylic acid groups (broad SMARTS) is 3. The van der Waals surface area contributed by atoms with Crippen LogP contribution in [0.2, 0.25) is 0 Å². The summed E-state index contributed by atoms with van der Waals surface area (Å²) < 4.78 is -0.433. The fourth-order valence-electron chi connectivity index (χ4n) is 3.55. The van der Waals surface area contributed by atoms with Gasteiger partial charge in [-0.15, -0.1) is 0 Å². The van der Waals surface area contributed by atoms with Crippen molar-refractivity contribution in [2.75, 3.05) is 26.2 Å². The van der Waals surface area contributed by atoms with Crippen molar-refractivity contribution in [3.8, 4) is 0 Å². The predicted molar refractivity (Wildman–Crippen MR) is 104 cm³/mol. The lowest BCUT2D eigenvalue weighted by Gasteiger charge is -2.34. The van der Waals surface area contributed by atoms with Crippen LogP contribution in [0.25, 0.3) is 0 Å². The molecule has 0 aromatic rings. The fraction of sp³-hybridized carbons (Fsp3) is 0.850. The van der Waals surface area contributed by atoms with E-state index in [1.54, 1.807) is 0 Å². The highest BCUT2D eigenvalue weighted by Crippen LogP contribution is 2.14. The topological polar surface area (TPSA) is 112 Å². The van der Waals surface area contributed by atoms with Crippen molar-refractivity contribution >= 4 is 17.9 Å². The number of unbranched alkanes of at least 4 members (excludes halogenated alkanes) is 11. The Morgan fingerprint density at radius 2 is 0.852 bits per heavy atom. The molecule has 3 N–H and O–H groups in total. The Labute approximate surface area is 163 Å². The number of quaternary nitrogens is 1. The van der Waals surface area contributed by atoms with Gasteiger partial charge in [0, 0.05) is 0 Å². The molecule has 0 saturated heterocycles. The first-order valence-electron chi connectivity index (χ1n) is 10.3. The van der Waals surface area contributed by atoms with Gasteiger partial charge in [0.15, 0.2) is 19.6 Å². The van der Waals surface area contributed by atoms with Gasteiger partial charge in [-0.3, -0.25) is 4.48 Å². The largest absolute Gasteiger partial charge is 0.477 e. The van der Waals surface area contributed by atoms with Gasteiger partial charge in [0.05, 0.1) is 6.54 Å². The molecule has 0 bridgehead atoms. The van der Waals surface area contributed by atoms with Gasteiger partial charge in [-0.05, 0) is 12.8 Å². The zero-order valence-corrected chi connectivity index (χ0v) is 16.8. The molecule has 0 heterocycles. The molecule has 0 rings (SSSR count). The predicted octanol–water partition coefficient (Wildman–Crippen LogP) is 3.76. The van der Waals surface area contributed by atoms with E-state index in [9.17, 15) is 14.4 Å². The number of carboxylic acids is 3. The Morgan fingerprint density at radius 3 is 1.15 bits per heavy atom. The molecule has 0 amide bonds. The van der Waals surface area contributed by atoms with E-state index in [2.05, 4.69) is 6.92 Å². The third-order valence-corrected chi connectivity index (χ3v) is 4.90. The molecular formula is C20H38NO6+. The van der Waals surface area contributed by atoms with E-state index < -0.39 is 42.0 Å². The summed E-state index contributed by atoms with van der Waals surface area (Å²) in [5, 5.41) is 27.2. The SMILES string of the molecule is CCCCCCCCCCCCCC[N+](CC(=O)O)(CC(=O)O)CC(=O)O. The van der Waals surface area contributed by atoms with Crippen molar-refractivity contribution in [2.45, 2.75) is 84.0 Å². The molecule has 0 aromatic carbocycles. The highest BCUT2D eigenvalue weighted by Gasteiger charge is 2.35. The van der Waals surface area contributed by atoms with Gasteiger partial charge in [0.2, 0.25) is 0 Å². The number of hydrogen-bond donors (Lipinski definition) is 3. The van der Waals surface area contributed by atoms with E-state index in [1.165, 1.54) is 51.4 Å². The van der Waals surface area contributed by atoms with Crippen LogP contribution < -0.4 is 0 Å². The summed E-state index contributed by atoms with van der Waals surface area (Å²) in [5.74, 6) is -3.51. The molecule has 0 fully saturated rings. The van der Waals surface area contributed by atoms with E-state index in [1.807, 2.05) is 0 Å².